The van der Waals surface area contributed by atoms with Gasteiger partial charge in [0.15, 0.2) is 0 Å². The van der Waals surface area contributed by atoms with Crippen LogP contribution in [-0.4, -0.2) is 44.8 Å². The van der Waals surface area contributed by atoms with Gasteiger partial charge in [-0.15, -0.1) is 0 Å². The molecule has 1 N–H and O–H groups in total. The van der Waals surface area contributed by atoms with Gasteiger partial charge < -0.3 is 10.0 Å². The van der Waals surface area contributed by atoms with Gasteiger partial charge in [0.25, 0.3) is 5.91 Å². The number of carbonyl (C=O) groups excluding carboxylic acids is 1. The van der Waals surface area contributed by atoms with Crippen LogP contribution in [0.3, 0.4) is 0 Å². The standard InChI is InChI=1S/C11H17N3O3/c1-4-14(7-8(2)11(16)17)10(15)9-5-6-12-13(9)3/h5-6,8H,4,7H2,1-3H3,(H,16,17). The smallest absolute Gasteiger partial charge is 0.308 e. The molecule has 6 nitrogen and oxygen atoms in total. The van der Waals surface area contributed by atoms with E-state index in [0.717, 1.165) is 0 Å². The first-order valence-corrected chi connectivity index (χ1v) is 5.47. The highest BCUT2D eigenvalue weighted by atomic mass is 16.4. The summed E-state index contributed by atoms with van der Waals surface area (Å²) >= 11 is 0. The Hall–Kier alpha value is -1.85. The molecular weight excluding hydrogens is 222 g/mol. The minimum Gasteiger partial charge on any atom is -0.481 e. The van der Waals surface area contributed by atoms with Crippen LogP contribution in [0.1, 0.15) is 24.3 Å². The van der Waals surface area contributed by atoms with E-state index < -0.39 is 11.9 Å². The van der Waals surface area contributed by atoms with Gasteiger partial charge in [0.2, 0.25) is 0 Å². The summed E-state index contributed by atoms with van der Waals surface area (Å²) in [5.74, 6) is -1.67. The second kappa shape index (κ2) is 5.47. The summed E-state index contributed by atoms with van der Waals surface area (Å²) in [7, 11) is 1.68. The third kappa shape index (κ3) is 3.05. The summed E-state index contributed by atoms with van der Waals surface area (Å²) in [6, 6.07) is 1.62. The van der Waals surface area contributed by atoms with Gasteiger partial charge in [0, 0.05) is 26.3 Å². The van der Waals surface area contributed by atoms with Crippen LogP contribution < -0.4 is 0 Å². The Labute approximate surface area is 99.8 Å². The summed E-state index contributed by atoms with van der Waals surface area (Å²) < 4.78 is 1.48. The van der Waals surface area contributed by atoms with Crippen LogP contribution in [0.25, 0.3) is 0 Å². The fourth-order valence-electron chi connectivity index (χ4n) is 1.51. The molecule has 0 aliphatic heterocycles. The van der Waals surface area contributed by atoms with Crippen LogP contribution in [0, 0.1) is 5.92 Å². The molecule has 0 spiro atoms. The molecule has 17 heavy (non-hydrogen) atoms. The van der Waals surface area contributed by atoms with Crippen molar-refractivity contribution in [1.29, 1.82) is 0 Å². The Kier molecular flexibility index (Phi) is 4.25. The SMILES string of the molecule is CCN(CC(C)C(=O)O)C(=O)c1ccnn1C. The molecule has 6 heteroatoms. The van der Waals surface area contributed by atoms with Crippen molar-refractivity contribution in [3.05, 3.63) is 18.0 Å². The summed E-state index contributed by atoms with van der Waals surface area (Å²) in [5.41, 5.74) is 0.462. The average Bonchev–Trinajstić information content (AvgIpc) is 2.70. The maximum atomic E-state index is 12.1. The van der Waals surface area contributed by atoms with Crippen LogP contribution in [0.2, 0.25) is 0 Å². The molecule has 1 atom stereocenters. The van der Waals surface area contributed by atoms with E-state index in [1.54, 1.807) is 26.2 Å². The highest BCUT2D eigenvalue weighted by molar-refractivity contribution is 5.92. The van der Waals surface area contributed by atoms with Crippen LogP contribution in [0.15, 0.2) is 12.3 Å². The highest BCUT2D eigenvalue weighted by Crippen LogP contribution is 2.07. The second-order valence-electron chi connectivity index (χ2n) is 3.92. The number of hydrogen-bond acceptors (Lipinski definition) is 3. The molecule has 94 valence electrons. The van der Waals surface area contributed by atoms with Crippen LogP contribution in [0.4, 0.5) is 0 Å². The van der Waals surface area contributed by atoms with Gasteiger partial charge in [-0.3, -0.25) is 14.3 Å². The predicted octanol–water partition coefficient (Wildman–Crippen LogP) is 0.603. The summed E-state index contributed by atoms with van der Waals surface area (Å²) in [5, 5.41) is 12.8. The molecule has 0 aliphatic rings. The van der Waals surface area contributed by atoms with Gasteiger partial charge in [-0.05, 0) is 13.0 Å². The molecule has 0 fully saturated rings. The lowest BCUT2D eigenvalue weighted by Crippen LogP contribution is -2.37. The lowest BCUT2D eigenvalue weighted by atomic mass is 10.1. The number of aryl methyl sites for hydroxylation is 1. The van der Waals surface area contributed by atoms with E-state index in [1.165, 1.54) is 9.58 Å². The molecule has 1 aromatic rings. The Bertz CT molecular complexity index is 414. The van der Waals surface area contributed by atoms with Crippen molar-refractivity contribution in [2.24, 2.45) is 13.0 Å². The van der Waals surface area contributed by atoms with Gasteiger partial charge >= 0.3 is 5.97 Å². The van der Waals surface area contributed by atoms with Crippen molar-refractivity contribution in [3.63, 3.8) is 0 Å². The molecule has 0 saturated heterocycles. The first kappa shape index (κ1) is 13.2. The van der Waals surface area contributed by atoms with Crippen molar-refractivity contribution in [1.82, 2.24) is 14.7 Å². The molecule has 1 amide bonds. The van der Waals surface area contributed by atoms with Crippen molar-refractivity contribution in [2.45, 2.75) is 13.8 Å². The highest BCUT2D eigenvalue weighted by Gasteiger charge is 2.21. The minimum absolute atomic E-state index is 0.194. The maximum Gasteiger partial charge on any atom is 0.308 e. The number of rotatable bonds is 5. The van der Waals surface area contributed by atoms with Gasteiger partial charge in [0.1, 0.15) is 5.69 Å². The molecule has 1 heterocycles. The number of amides is 1. The molecule has 1 aromatic heterocycles. The Balaban J connectivity index is 2.78. The van der Waals surface area contributed by atoms with Crippen molar-refractivity contribution >= 4 is 11.9 Å². The quantitative estimate of drug-likeness (QED) is 0.816. The fourth-order valence-corrected chi connectivity index (χ4v) is 1.51. The first-order valence-electron chi connectivity index (χ1n) is 5.47. The van der Waals surface area contributed by atoms with E-state index in [9.17, 15) is 9.59 Å². The number of carboxylic acids is 1. The van der Waals surface area contributed by atoms with E-state index in [2.05, 4.69) is 5.10 Å². The van der Waals surface area contributed by atoms with Gasteiger partial charge in [0.05, 0.1) is 5.92 Å². The number of carbonyl (C=O) groups is 2. The van der Waals surface area contributed by atoms with E-state index in [1.807, 2.05) is 6.92 Å². The summed E-state index contributed by atoms with van der Waals surface area (Å²) in [4.78, 5) is 24.4. The Morgan fingerprint density at radius 1 is 1.59 bits per heavy atom. The van der Waals surface area contributed by atoms with Crippen molar-refractivity contribution in [3.8, 4) is 0 Å². The lowest BCUT2D eigenvalue weighted by molar-refractivity contribution is -0.141. The van der Waals surface area contributed by atoms with Crippen LogP contribution in [-0.2, 0) is 11.8 Å². The van der Waals surface area contributed by atoms with Gasteiger partial charge in [-0.1, -0.05) is 6.92 Å². The second-order valence-corrected chi connectivity index (χ2v) is 3.92. The molecule has 0 radical (unpaired) electrons. The van der Waals surface area contributed by atoms with E-state index in [4.69, 9.17) is 5.11 Å². The molecule has 0 saturated carbocycles. The molecule has 0 aliphatic carbocycles. The number of nitrogens with zero attached hydrogens (tertiary/aromatic N) is 3. The third-order valence-electron chi connectivity index (χ3n) is 2.62. The van der Waals surface area contributed by atoms with Crippen LogP contribution in [0.5, 0.6) is 0 Å². The van der Waals surface area contributed by atoms with Crippen molar-refractivity contribution in [2.75, 3.05) is 13.1 Å². The number of carboxylic acid groups (broad SMARTS) is 1. The van der Waals surface area contributed by atoms with Gasteiger partial charge in [-0.25, -0.2) is 0 Å². The molecular formula is C11H17N3O3. The van der Waals surface area contributed by atoms with E-state index >= 15 is 0 Å². The van der Waals surface area contributed by atoms with Crippen molar-refractivity contribution < 1.29 is 14.7 Å². The topological polar surface area (TPSA) is 75.4 Å². The third-order valence-corrected chi connectivity index (χ3v) is 2.62. The van der Waals surface area contributed by atoms with E-state index in [0.29, 0.717) is 12.2 Å². The lowest BCUT2D eigenvalue weighted by Gasteiger charge is -2.22. The zero-order chi connectivity index (χ0) is 13.0. The largest absolute Gasteiger partial charge is 0.481 e. The predicted molar refractivity (Wildman–Crippen MR) is 61.6 cm³/mol. The molecule has 1 rings (SSSR count). The summed E-state index contributed by atoms with van der Waals surface area (Å²) in [6.07, 6.45) is 1.54. The summed E-state index contributed by atoms with van der Waals surface area (Å²) in [6.45, 7) is 4.09. The zero-order valence-electron chi connectivity index (χ0n) is 10.3. The van der Waals surface area contributed by atoms with E-state index in [-0.39, 0.29) is 12.5 Å². The molecule has 1 unspecified atom stereocenters. The maximum absolute atomic E-state index is 12.1. The normalized spacial score (nSPS) is 12.2. The number of aromatic nitrogens is 2. The fraction of sp³-hybridized carbons (Fsp3) is 0.545. The number of aliphatic carboxylic acids is 1. The first-order chi connectivity index (χ1) is 7.97. The monoisotopic (exact) mass is 239 g/mol. The number of hydrogen-bond donors (Lipinski definition) is 1. The van der Waals surface area contributed by atoms with Crippen LogP contribution >= 0.6 is 0 Å². The van der Waals surface area contributed by atoms with Gasteiger partial charge in [-0.2, -0.15) is 5.10 Å². The Morgan fingerprint density at radius 3 is 2.65 bits per heavy atom. The molecule has 0 bridgehead atoms. The zero-order valence-corrected chi connectivity index (χ0v) is 10.3. The minimum atomic E-state index is -0.902. The molecule has 0 aromatic carbocycles. The average molecular weight is 239 g/mol. The Morgan fingerprint density at radius 2 is 2.24 bits per heavy atom.